The fourth-order valence-electron chi connectivity index (χ4n) is 9.17. The van der Waals surface area contributed by atoms with Gasteiger partial charge >= 0.3 is 0 Å². The molecule has 0 atom stereocenters. The van der Waals surface area contributed by atoms with Crippen molar-refractivity contribution < 1.29 is 0 Å². The van der Waals surface area contributed by atoms with Crippen LogP contribution < -0.4 is 0 Å². The lowest BCUT2D eigenvalue weighted by Gasteiger charge is -2.31. The summed E-state index contributed by atoms with van der Waals surface area (Å²) in [5, 5.41) is 10.4. The summed E-state index contributed by atoms with van der Waals surface area (Å²) in [5.41, 5.74) is 13.0. The molecule has 0 fully saturated rings. The maximum Gasteiger partial charge on any atom is 0.0725 e. The molecule has 2 aliphatic carbocycles. The minimum absolute atomic E-state index is 0.392. The molecule has 1 spiro atoms. The molecule has 11 rings (SSSR count). The maximum atomic E-state index is 2.53. The second kappa shape index (κ2) is 9.06. The normalized spacial score (nSPS) is 13.7. The molecule has 0 N–H and O–H groups in total. The first-order valence-electron chi connectivity index (χ1n) is 16.5. The number of hydrogen-bond acceptors (Lipinski definition) is 0. The highest BCUT2D eigenvalue weighted by atomic mass is 14.5. The van der Waals surface area contributed by atoms with Gasteiger partial charge in [-0.25, -0.2) is 0 Å². The first-order valence-corrected chi connectivity index (χ1v) is 16.5. The molecular weight excluding hydrogens is 565 g/mol. The third-order valence-corrected chi connectivity index (χ3v) is 11.1. The molecule has 0 radical (unpaired) electrons. The topological polar surface area (TPSA) is 0 Å². The maximum absolute atomic E-state index is 2.53. The zero-order chi connectivity index (χ0) is 30.7. The molecule has 0 unspecified atom stereocenters. The molecule has 0 amide bonds. The molecule has 0 saturated heterocycles. The van der Waals surface area contributed by atoms with Gasteiger partial charge in [0.05, 0.1) is 5.41 Å². The lowest BCUT2D eigenvalue weighted by molar-refractivity contribution is 0.795. The molecule has 2 aliphatic rings. The van der Waals surface area contributed by atoms with E-state index in [0.29, 0.717) is 0 Å². The zero-order valence-corrected chi connectivity index (χ0v) is 25.7. The summed E-state index contributed by atoms with van der Waals surface area (Å²) in [7, 11) is 0. The Morgan fingerprint density at radius 3 is 1.62 bits per heavy atom. The summed E-state index contributed by atoms with van der Waals surface area (Å²) in [4.78, 5) is 0. The van der Waals surface area contributed by atoms with E-state index in [1.165, 1.54) is 98.7 Å². The van der Waals surface area contributed by atoms with Gasteiger partial charge in [0.25, 0.3) is 0 Å². The molecule has 47 heavy (non-hydrogen) atoms. The van der Waals surface area contributed by atoms with Crippen LogP contribution in [0.2, 0.25) is 0 Å². The third kappa shape index (κ3) is 3.13. The van der Waals surface area contributed by atoms with Crippen molar-refractivity contribution >= 4 is 43.1 Å². The van der Waals surface area contributed by atoms with Gasteiger partial charge in [-0.15, -0.1) is 0 Å². The monoisotopic (exact) mass is 592 g/mol. The Balaban J connectivity index is 1.29. The Morgan fingerprint density at radius 1 is 0.277 bits per heavy atom. The van der Waals surface area contributed by atoms with E-state index in [1.807, 2.05) is 0 Å². The highest BCUT2D eigenvalue weighted by Crippen LogP contribution is 2.64. The van der Waals surface area contributed by atoms with Crippen LogP contribution in [0.25, 0.3) is 76.5 Å². The fourth-order valence-corrected chi connectivity index (χ4v) is 9.17. The summed E-state index contributed by atoms with van der Waals surface area (Å²) >= 11 is 0. The van der Waals surface area contributed by atoms with Gasteiger partial charge in [-0.3, -0.25) is 0 Å². The molecule has 9 aromatic rings. The molecule has 0 aromatic heterocycles. The lowest BCUT2D eigenvalue weighted by Crippen LogP contribution is -2.25. The number of benzene rings is 9. The van der Waals surface area contributed by atoms with Crippen LogP contribution in [0, 0.1) is 0 Å². The zero-order valence-electron chi connectivity index (χ0n) is 25.7. The Bertz CT molecular complexity index is 2750. The first-order chi connectivity index (χ1) is 23.3. The van der Waals surface area contributed by atoms with E-state index >= 15 is 0 Å². The standard InChI is InChI=1S/C47H28/c1-3-13-32-29(11-1)21-24-36-34-15-5-6-16-35(34)40(28-41(32)36)31-22-25-39-45(27-31)47(44-26-23-30-12-2-4-14-33(30)46(39)44)42-19-9-7-17-37(42)38-18-8-10-20-43(38)47/h1-28H. The minimum atomic E-state index is -0.392. The van der Waals surface area contributed by atoms with Gasteiger partial charge in [0.1, 0.15) is 0 Å². The van der Waals surface area contributed by atoms with Gasteiger partial charge in [-0.1, -0.05) is 158 Å². The molecule has 0 heteroatoms. The van der Waals surface area contributed by atoms with Crippen LogP contribution in [-0.2, 0) is 5.41 Å². The minimum Gasteiger partial charge on any atom is -0.0619 e. The molecule has 0 heterocycles. The Kier molecular flexibility index (Phi) is 4.86. The van der Waals surface area contributed by atoms with Crippen LogP contribution in [0.4, 0.5) is 0 Å². The summed E-state index contributed by atoms with van der Waals surface area (Å²) in [5.74, 6) is 0. The van der Waals surface area contributed by atoms with E-state index in [1.54, 1.807) is 0 Å². The van der Waals surface area contributed by atoms with E-state index in [9.17, 15) is 0 Å². The highest BCUT2D eigenvalue weighted by Gasteiger charge is 2.52. The van der Waals surface area contributed by atoms with Crippen molar-refractivity contribution in [3.05, 3.63) is 192 Å². The van der Waals surface area contributed by atoms with Crippen LogP contribution in [0.5, 0.6) is 0 Å². The van der Waals surface area contributed by atoms with Crippen LogP contribution >= 0.6 is 0 Å². The van der Waals surface area contributed by atoms with Gasteiger partial charge in [0, 0.05) is 0 Å². The van der Waals surface area contributed by atoms with Crippen molar-refractivity contribution in [1.82, 2.24) is 0 Å². The highest BCUT2D eigenvalue weighted by molar-refractivity contribution is 6.21. The Labute approximate surface area is 273 Å². The molecular formula is C47H28. The van der Waals surface area contributed by atoms with Crippen LogP contribution in [-0.4, -0.2) is 0 Å². The van der Waals surface area contributed by atoms with E-state index in [4.69, 9.17) is 0 Å². The SMILES string of the molecule is c1ccc2c(c1)-c1ccccc1C21c2cc(-c3cc4c5ccccc5ccc4c4ccccc34)ccc2-c2c1ccc1ccccc21. The first kappa shape index (κ1) is 25.2. The van der Waals surface area contributed by atoms with E-state index < -0.39 is 5.41 Å². The molecule has 0 saturated carbocycles. The van der Waals surface area contributed by atoms with E-state index in [-0.39, 0.29) is 0 Å². The van der Waals surface area contributed by atoms with Gasteiger partial charge in [0.15, 0.2) is 0 Å². The van der Waals surface area contributed by atoms with E-state index in [2.05, 4.69) is 170 Å². The number of rotatable bonds is 1. The summed E-state index contributed by atoms with van der Waals surface area (Å²) in [6, 6.07) is 63.8. The smallest absolute Gasteiger partial charge is 0.0619 e. The summed E-state index contributed by atoms with van der Waals surface area (Å²) in [6.45, 7) is 0. The predicted octanol–water partition coefficient (Wildman–Crippen LogP) is 12.3. The van der Waals surface area contributed by atoms with Crippen LogP contribution in [0.3, 0.4) is 0 Å². The molecule has 0 aliphatic heterocycles. The van der Waals surface area contributed by atoms with Gasteiger partial charge in [-0.2, -0.15) is 0 Å². The van der Waals surface area contributed by atoms with Crippen molar-refractivity contribution in [2.45, 2.75) is 5.41 Å². The molecule has 0 nitrogen and oxygen atoms in total. The van der Waals surface area contributed by atoms with Gasteiger partial charge < -0.3 is 0 Å². The van der Waals surface area contributed by atoms with Crippen molar-refractivity contribution in [3.8, 4) is 33.4 Å². The second-order valence-electron chi connectivity index (χ2n) is 13.2. The second-order valence-corrected chi connectivity index (χ2v) is 13.2. The predicted molar refractivity (Wildman–Crippen MR) is 198 cm³/mol. The number of fused-ring (bicyclic) bond motifs is 17. The Morgan fingerprint density at radius 2 is 0.851 bits per heavy atom. The quantitative estimate of drug-likeness (QED) is 0.166. The van der Waals surface area contributed by atoms with E-state index in [0.717, 1.165) is 0 Å². The fraction of sp³-hybridized carbons (Fsp3) is 0.0213. The van der Waals surface area contributed by atoms with Gasteiger partial charge in [0.2, 0.25) is 0 Å². The summed E-state index contributed by atoms with van der Waals surface area (Å²) in [6.07, 6.45) is 0. The summed E-state index contributed by atoms with van der Waals surface area (Å²) < 4.78 is 0. The van der Waals surface area contributed by atoms with Crippen LogP contribution in [0.15, 0.2) is 170 Å². The third-order valence-electron chi connectivity index (χ3n) is 11.1. The van der Waals surface area contributed by atoms with Crippen molar-refractivity contribution in [2.24, 2.45) is 0 Å². The molecule has 216 valence electrons. The molecule has 0 bridgehead atoms. The number of hydrogen-bond donors (Lipinski definition) is 0. The lowest BCUT2D eigenvalue weighted by atomic mass is 9.70. The Hall–Kier alpha value is -5.98. The average Bonchev–Trinajstić information content (AvgIpc) is 3.61. The van der Waals surface area contributed by atoms with Crippen molar-refractivity contribution in [1.29, 1.82) is 0 Å². The van der Waals surface area contributed by atoms with Gasteiger partial charge in [-0.05, 0) is 111 Å². The van der Waals surface area contributed by atoms with Crippen LogP contribution in [0.1, 0.15) is 22.3 Å². The largest absolute Gasteiger partial charge is 0.0725 e. The van der Waals surface area contributed by atoms with Crippen molar-refractivity contribution in [2.75, 3.05) is 0 Å². The van der Waals surface area contributed by atoms with Crippen molar-refractivity contribution in [3.63, 3.8) is 0 Å². The average molecular weight is 593 g/mol. The molecule has 9 aromatic carbocycles.